The van der Waals surface area contributed by atoms with Gasteiger partial charge in [0.15, 0.2) is 0 Å². The van der Waals surface area contributed by atoms with E-state index in [-0.39, 0.29) is 11.3 Å². The lowest BCUT2D eigenvalue weighted by Crippen LogP contribution is -2.16. The minimum absolute atomic E-state index is 0.0443. The summed E-state index contributed by atoms with van der Waals surface area (Å²) in [6.45, 7) is 0. The van der Waals surface area contributed by atoms with Crippen LogP contribution >= 0.6 is 0 Å². The Morgan fingerprint density at radius 3 is 2.79 bits per heavy atom. The van der Waals surface area contributed by atoms with Crippen LogP contribution in [0.2, 0.25) is 0 Å². The van der Waals surface area contributed by atoms with Gasteiger partial charge in [-0.15, -0.1) is 0 Å². The Balaban J connectivity index is 2.36. The first kappa shape index (κ1) is 9.07. The van der Waals surface area contributed by atoms with Gasteiger partial charge in [0.2, 0.25) is 0 Å². The van der Waals surface area contributed by atoms with E-state index in [1.54, 1.807) is 6.07 Å². The molecule has 0 atom stereocenters. The summed E-state index contributed by atoms with van der Waals surface area (Å²) in [6, 6.07) is 4.20. The van der Waals surface area contributed by atoms with E-state index >= 15 is 0 Å². The van der Waals surface area contributed by atoms with E-state index in [4.69, 9.17) is 5.26 Å². The summed E-state index contributed by atoms with van der Waals surface area (Å²) in [5, 5.41) is 8.52. The molecule has 14 heavy (non-hydrogen) atoms. The molecule has 72 valence electrons. The summed E-state index contributed by atoms with van der Waals surface area (Å²) in [5.74, 6) is -3.34. The molecule has 1 aromatic rings. The third-order valence-corrected chi connectivity index (χ3v) is 2.35. The molecular weight excluding hydrogens is 186 g/mol. The van der Waals surface area contributed by atoms with E-state index in [1.807, 2.05) is 0 Å². The van der Waals surface area contributed by atoms with Crippen LogP contribution in [-0.4, -0.2) is 4.98 Å². The molecule has 4 heteroatoms. The molecule has 2 nitrogen and oxygen atoms in total. The molecule has 0 aliphatic heterocycles. The van der Waals surface area contributed by atoms with Gasteiger partial charge in [0.25, 0.3) is 5.92 Å². The number of hydrogen-bond donors (Lipinski definition) is 0. The summed E-state index contributed by atoms with van der Waals surface area (Å²) in [4.78, 5) is 3.66. The molecule has 2 rings (SSSR count). The van der Waals surface area contributed by atoms with E-state index in [0.29, 0.717) is 12.8 Å². The lowest BCUT2D eigenvalue weighted by atomic mass is 10.1. The molecule has 0 unspecified atom stereocenters. The largest absolute Gasteiger partial charge is 0.276 e. The predicted octanol–water partition coefficient (Wildman–Crippen LogP) is 2.46. The summed E-state index contributed by atoms with van der Waals surface area (Å²) in [5.41, 5.74) is -0.0469. The fourth-order valence-corrected chi connectivity index (χ4v) is 1.38. The Morgan fingerprint density at radius 2 is 2.21 bits per heavy atom. The van der Waals surface area contributed by atoms with Crippen molar-refractivity contribution in [2.75, 3.05) is 0 Å². The molecule has 1 aliphatic carbocycles. The molecule has 1 fully saturated rings. The Labute approximate surface area is 80.2 Å². The minimum atomic E-state index is -2.80. The summed E-state index contributed by atoms with van der Waals surface area (Å²) in [6.07, 6.45) is 2.39. The number of nitrogens with zero attached hydrogens (tertiary/aromatic N) is 2. The second-order valence-corrected chi connectivity index (χ2v) is 3.44. The Kier molecular flexibility index (Phi) is 1.95. The van der Waals surface area contributed by atoms with E-state index < -0.39 is 11.8 Å². The molecular formula is C10H8F2N2. The average molecular weight is 194 g/mol. The van der Waals surface area contributed by atoms with Crippen molar-refractivity contribution in [3.63, 3.8) is 0 Å². The predicted molar refractivity (Wildman–Crippen MR) is 45.6 cm³/mol. The van der Waals surface area contributed by atoms with Gasteiger partial charge in [0, 0.05) is 17.7 Å². The number of alkyl halides is 2. The molecule has 1 aliphatic rings. The third kappa shape index (κ3) is 1.46. The van der Waals surface area contributed by atoms with Crippen LogP contribution in [0.15, 0.2) is 18.3 Å². The first-order valence-corrected chi connectivity index (χ1v) is 4.39. The Bertz CT molecular complexity index is 391. The zero-order chi connectivity index (χ0) is 10.2. The third-order valence-electron chi connectivity index (χ3n) is 2.35. The molecule has 0 amide bonds. The van der Waals surface area contributed by atoms with Crippen molar-refractivity contribution in [2.45, 2.75) is 18.8 Å². The zero-order valence-electron chi connectivity index (χ0n) is 7.37. The van der Waals surface area contributed by atoms with Gasteiger partial charge in [-0.25, -0.2) is 13.8 Å². The van der Waals surface area contributed by atoms with Gasteiger partial charge >= 0.3 is 0 Å². The maximum atomic E-state index is 13.5. The maximum absolute atomic E-state index is 13.5. The number of nitriles is 1. The van der Waals surface area contributed by atoms with Gasteiger partial charge < -0.3 is 0 Å². The first-order valence-electron chi connectivity index (χ1n) is 4.39. The van der Waals surface area contributed by atoms with Crippen LogP contribution in [0.4, 0.5) is 8.78 Å². The first-order chi connectivity index (χ1) is 6.64. The average Bonchev–Trinajstić information content (AvgIpc) is 3.01. The van der Waals surface area contributed by atoms with Crippen LogP contribution in [0, 0.1) is 17.2 Å². The highest BCUT2D eigenvalue weighted by molar-refractivity contribution is 5.29. The highest BCUT2D eigenvalue weighted by atomic mass is 19.3. The van der Waals surface area contributed by atoms with Crippen LogP contribution in [0.1, 0.15) is 24.1 Å². The highest BCUT2D eigenvalue weighted by Gasteiger charge is 2.47. The lowest BCUT2D eigenvalue weighted by Gasteiger charge is -2.15. The molecule has 1 saturated carbocycles. The van der Waals surface area contributed by atoms with E-state index in [1.165, 1.54) is 18.3 Å². The molecule has 0 saturated heterocycles. The summed E-state index contributed by atoms with van der Waals surface area (Å²) >= 11 is 0. The lowest BCUT2D eigenvalue weighted by molar-refractivity contribution is -0.0286. The second-order valence-electron chi connectivity index (χ2n) is 3.44. The van der Waals surface area contributed by atoms with E-state index in [9.17, 15) is 8.78 Å². The summed E-state index contributed by atoms with van der Waals surface area (Å²) < 4.78 is 27.0. The Hall–Kier alpha value is -1.50. The molecule has 0 aromatic carbocycles. The van der Waals surface area contributed by atoms with Crippen molar-refractivity contribution in [1.82, 2.24) is 4.98 Å². The van der Waals surface area contributed by atoms with Crippen molar-refractivity contribution in [1.29, 1.82) is 5.26 Å². The van der Waals surface area contributed by atoms with Crippen molar-refractivity contribution >= 4 is 0 Å². The topological polar surface area (TPSA) is 36.7 Å². The number of hydrogen-bond acceptors (Lipinski definition) is 2. The Morgan fingerprint density at radius 1 is 1.50 bits per heavy atom. The zero-order valence-corrected chi connectivity index (χ0v) is 7.37. The fourth-order valence-electron chi connectivity index (χ4n) is 1.38. The van der Waals surface area contributed by atoms with Crippen LogP contribution < -0.4 is 0 Å². The molecule has 0 radical (unpaired) electrons. The smallest absolute Gasteiger partial charge is 0.246 e. The van der Waals surface area contributed by atoms with Gasteiger partial charge in [-0.3, -0.25) is 0 Å². The second kappa shape index (κ2) is 3.02. The van der Waals surface area contributed by atoms with Crippen molar-refractivity contribution in [3.05, 3.63) is 29.6 Å². The van der Waals surface area contributed by atoms with Crippen LogP contribution in [-0.2, 0) is 5.92 Å². The van der Waals surface area contributed by atoms with Crippen molar-refractivity contribution in [2.24, 2.45) is 5.92 Å². The summed E-state index contributed by atoms with van der Waals surface area (Å²) in [7, 11) is 0. The quantitative estimate of drug-likeness (QED) is 0.725. The van der Waals surface area contributed by atoms with Crippen LogP contribution in [0.25, 0.3) is 0 Å². The van der Waals surface area contributed by atoms with Gasteiger partial charge in [-0.1, -0.05) is 0 Å². The standard InChI is InChI=1S/C10H8F2N2/c11-10(12,7-1-2-7)8-3-4-14-9(5-8)6-13/h3-5,7H,1-2H2. The molecule has 0 N–H and O–H groups in total. The number of aromatic nitrogens is 1. The fraction of sp³-hybridized carbons (Fsp3) is 0.400. The maximum Gasteiger partial charge on any atom is 0.276 e. The molecule has 0 spiro atoms. The van der Waals surface area contributed by atoms with Crippen LogP contribution in [0.5, 0.6) is 0 Å². The molecule has 0 bridgehead atoms. The van der Waals surface area contributed by atoms with Gasteiger partial charge in [0.05, 0.1) is 0 Å². The van der Waals surface area contributed by atoms with Gasteiger partial charge in [0.1, 0.15) is 11.8 Å². The number of rotatable bonds is 2. The van der Waals surface area contributed by atoms with Crippen LogP contribution in [0.3, 0.4) is 0 Å². The van der Waals surface area contributed by atoms with Gasteiger partial charge in [-0.2, -0.15) is 5.26 Å². The van der Waals surface area contributed by atoms with Crippen molar-refractivity contribution < 1.29 is 8.78 Å². The highest BCUT2D eigenvalue weighted by Crippen LogP contribution is 2.49. The monoisotopic (exact) mass is 194 g/mol. The normalized spacial score (nSPS) is 16.4. The van der Waals surface area contributed by atoms with Gasteiger partial charge in [-0.05, 0) is 25.0 Å². The number of pyridine rings is 1. The minimum Gasteiger partial charge on any atom is -0.246 e. The molecule has 1 heterocycles. The molecule has 1 aromatic heterocycles. The SMILES string of the molecule is N#Cc1cc(C(F)(F)C2CC2)ccn1. The van der Waals surface area contributed by atoms with Crippen molar-refractivity contribution in [3.8, 4) is 6.07 Å². The number of halogens is 2. The van der Waals surface area contributed by atoms with E-state index in [2.05, 4.69) is 4.98 Å². The van der Waals surface area contributed by atoms with E-state index in [0.717, 1.165) is 0 Å².